The molecule has 0 bridgehead atoms. The third kappa shape index (κ3) is 2.36. The summed E-state index contributed by atoms with van der Waals surface area (Å²) in [6.07, 6.45) is 4.05. The smallest absolute Gasteiger partial charge is 0.230 e. The zero-order valence-corrected chi connectivity index (χ0v) is 12.2. The molecule has 3 rings (SSSR count). The van der Waals surface area contributed by atoms with Gasteiger partial charge in [-0.05, 0) is 18.1 Å². The van der Waals surface area contributed by atoms with E-state index in [1.165, 1.54) is 16.2 Å². The lowest BCUT2D eigenvalue weighted by Crippen LogP contribution is -2.19. The van der Waals surface area contributed by atoms with Crippen molar-refractivity contribution in [1.82, 2.24) is 4.90 Å². The van der Waals surface area contributed by atoms with Gasteiger partial charge in [0, 0.05) is 10.6 Å². The molecule has 0 spiro atoms. The second-order valence-corrected chi connectivity index (χ2v) is 5.57. The number of hydrogen-bond acceptors (Lipinski definition) is 4. The molecule has 2 aliphatic rings. The summed E-state index contributed by atoms with van der Waals surface area (Å²) in [6, 6.07) is 10.4. The van der Waals surface area contributed by atoms with E-state index in [-0.39, 0.29) is 5.90 Å². The Morgan fingerprint density at radius 3 is 2.75 bits per heavy atom. The van der Waals surface area contributed by atoms with Gasteiger partial charge in [-0.15, -0.1) is 0 Å². The van der Waals surface area contributed by atoms with E-state index >= 15 is 0 Å². The quantitative estimate of drug-likeness (QED) is 0.900. The van der Waals surface area contributed by atoms with Crippen molar-refractivity contribution in [2.75, 3.05) is 6.61 Å². The lowest BCUT2D eigenvalue weighted by Gasteiger charge is -2.21. The fourth-order valence-corrected chi connectivity index (χ4v) is 3.48. The van der Waals surface area contributed by atoms with Crippen LogP contribution in [0.5, 0.6) is 0 Å². The summed E-state index contributed by atoms with van der Waals surface area (Å²) in [7, 11) is 0. The van der Waals surface area contributed by atoms with Gasteiger partial charge in [0.1, 0.15) is 18.2 Å². The van der Waals surface area contributed by atoms with E-state index in [0.717, 1.165) is 18.5 Å². The van der Waals surface area contributed by atoms with Crippen molar-refractivity contribution in [3.8, 4) is 0 Å². The number of benzene rings is 1. The first-order chi connectivity index (χ1) is 9.81. The first kappa shape index (κ1) is 13.3. The number of nitrogens with zero attached hydrogens (tertiary/aromatic N) is 1. The Kier molecular flexibility index (Phi) is 3.83. The molecule has 3 nitrogen and oxygen atoms in total. The summed E-state index contributed by atoms with van der Waals surface area (Å²) < 4.78 is 5.24. The highest BCUT2D eigenvalue weighted by molar-refractivity contribution is 8.10. The number of thioether (sulfide) groups is 1. The molecule has 1 aromatic rings. The standard InChI is InChI=1S/C16H17N2OS/c1-2-6-13-15(12-7-4-3-5-8-12)20-11-18(13)14-9-10-19-16(14)17/h3-5,7-9,11,17H,2,6,10H2,1H3. The molecular weight excluding hydrogens is 268 g/mol. The molecule has 0 atom stereocenters. The first-order valence-electron chi connectivity index (χ1n) is 6.81. The highest BCUT2D eigenvalue weighted by Gasteiger charge is 2.30. The molecule has 0 aromatic heterocycles. The van der Waals surface area contributed by atoms with Crippen LogP contribution in [0, 0.1) is 11.3 Å². The number of rotatable bonds is 4. The minimum atomic E-state index is 0.268. The summed E-state index contributed by atoms with van der Waals surface area (Å²) >= 11 is 1.73. The molecule has 20 heavy (non-hydrogen) atoms. The first-order valence-corrected chi connectivity index (χ1v) is 7.69. The van der Waals surface area contributed by atoms with Crippen LogP contribution < -0.4 is 0 Å². The maximum atomic E-state index is 7.88. The molecule has 0 saturated heterocycles. The fourth-order valence-electron chi connectivity index (χ4n) is 2.42. The van der Waals surface area contributed by atoms with E-state index in [1.807, 2.05) is 12.1 Å². The van der Waals surface area contributed by atoms with Crippen LogP contribution in [-0.4, -0.2) is 17.4 Å². The van der Waals surface area contributed by atoms with E-state index in [4.69, 9.17) is 10.1 Å². The third-order valence-corrected chi connectivity index (χ3v) is 4.37. The molecule has 103 valence electrons. The average Bonchev–Trinajstić information content (AvgIpc) is 3.06. The van der Waals surface area contributed by atoms with Gasteiger partial charge in [0.15, 0.2) is 0 Å². The SMILES string of the molecule is CCCC1=C(c2ccccc2)S[CH]N1C1=CCOC1=N. The van der Waals surface area contributed by atoms with Gasteiger partial charge >= 0.3 is 0 Å². The van der Waals surface area contributed by atoms with Gasteiger partial charge in [-0.1, -0.05) is 55.4 Å². The van der Waals surface area contributed by atoms with Crippen molar-refractivity contribution < 1.29 is 4.74 Å². The minimum absolute atomic E-state index is 0.268. The molecule has 4 heteroatoms. The van der Waals surface area contributed by atoms with Crippen LogP contribution in [0.3, 0.4) is 0 Å². The van der Waals surface area contributed by atoms with Crippen LogP contribution in [0.25, 0.3) is 4.91 Å². The van der Waals surface area contributed by atoms with Crippen LogP contribution in [-0.2, 0) is 4.74 Å². The lowest BCUT2D eigenvalue weighted by molar-refractivity contribution is 0.359. The Hall–Kier alpha value is -1.68. The molecule has 2 heterocycles. The molecule has 0 amide bonds. The second-order valence-electron chi connectivity index (χ2n) is 4.71. The summed E-state index contributed by atoms with van der Waals surface area (Å²) in [4.78, 5) is 3.40. The largest absolute Gasteiger partial charge is 0.472 e. The third-order valence-electron chi connectivity index (χ3n) is 3.35. The molecule has 1 aromatic carbocycles. The zero-order chi connectivity index (χ0) is 13.9. The maximum Gasteiger partial charge on any atom is 0.230 e. The predicted molar refractivity (Wildman–Crippen MR) is 83.8 cm³/mol. The Labute approximate surface area is 123 Å². The van der Waals surface area contributed by atoms with Crippen molar-refractivity contribution in [1.29, 1.82) is 5.41 Å². The average molecular weight is 285 g/mol. The highest BCUT2D eigenvalue weighted by Crippen LogP contribution is 2.46. The Balaban J connectivity index is 1.98. The van der Waals surface area contributed by atoms with Crippen molar-refractivity contribution in [3.63, 3.8) is 0 Å². The van der Waals surface area contributed by atoms with Gasteiger partial charge in [0.2, 0.25) is 5.90 Å². The topological polar surface area (TPSA) is 36.3 Å². The molecule has 0 unspecified atom stereocenters. The monoisotopic (exact) mass is 285 g/mol. The number of nitrogens with one attached hydrogen (secondary N) is 1. The van der Waals surface area contributed by atoms with Crippen molar-refractivity contribution >= 4 is 22.6 Å². The van der Waals surface area contributed by atoms with E-state index in [2.05, 4.69) is 42.0 Å². The second kappa shape index (κ2) is 5.75. The number of ether oxygens (including phenoxy) is 1. The number of hydrogen-bond donors (Lipinski definition) is 1. The Morgan fingerprint density at radius 2 is 2.10 bits per heavy atom. The van der Waals surface area contributed by atoms with Gasteiger partial charge in [-0.2, -0.15) is 0 Å². The van der Waals surface area contributed by atoms with E-state index in [9.17, 15) is 0 Å². The zero-order valence-electron chi connectivity index (χ0n) is 11.4. The maximum absolute atomic E-state index is 7.88. The van der Waals surface area contributed by atoms with Gasteiger partial charge in [0.05, 0.1) is 0 Å². The summed E-state index contributed by atoms with van der Waals surface area (Å²) in [5, 5.41) is 7.88. The molecule has 2 aliphatic heterocycles. The van der Waals surface area contributed by atoms with Gasteiger partial charge in [0.25, 0.3) is 0 Å². The van der Waals surface area contributed by atoms with E-state index in [0.29, 0.717) is 6.61 Å². The minimum Gasteiger partial charge on any atom is -0.472 e. The summed E-state index contributed by atoms with van der Waals surface area (Å²) in [5.74, 6) is 2.35. The Bertz CT molecular complexity index is 577. The van der Waals surface area contributed by atoms with Crippen molar-refractivity contribution in [2.45, 2.75) is 19.8 Å². The summed E-state index contributed by atoms with van der Waals surface area (Å²) in [5.41, 5.74) is 3.38. The summed E-state index contributed by atoms with van der Waals surface area (Å²) in [6.45, 7) is 2.69. The van der Waals surface area contributed by atoms with Crippen LogP contribution >= 0.6 is 11.8 Å². The van der Waals surface area contributed by atoms with Crippen molar-refractivity contribution in [3.05, 3.63) is 59.2 Å². The van der Waals surface area contributed by atoms with Crippen LogP contribution in [0.1, 0.15) is 25.3 Å². The van der Waals surface area contributed by atoms with Gasteiger partial charge < -0.3 is 9.64 Å². The molecule has 0 aliphatic carbocycles. The van der Waals surface area contributed by atoms with Crippen LogP contribution in [0.4, 0.5) is 0 Å². The lowest BCUT2D eigenvalue weighted by atomic mass is 10.1. The molecular formula is C16H17N2OS. The van der Waals surface area contributed by atoms with Crippen LogP contribution in [0.2, 0.25) is 0 Å². The molecule has 1 N–H and O–H groups in total. The fraction of sp³-hybridized carbons (Fsp3) is 0.250. The molecule has 1 radical (unpaired) electrons. The van der Waals surface area contributed by atoms with Gasteiger partial charge in [-0.3, -0.25) is 5.41 Å². The molecule has 0 saturated carbocycles. The molecule has 0 fully saturated rings. The number of allylic oxidation sites excluding steroid dienone is 1. The van der Waals surface area contributed by atoms with Crippen LogP contribution in [0.15, 0.2) is 47.8 Å². The van der Waals surface area contributed by atoms with Crippen molar-refractivity contribution in [2.24, 2.45) is 0 Å². The predicted octanol–water partition coefficient (Wildman–Crippen LogP) is 4.21. The van der Waals surface area contributed by atoms with E-state index in [1.54, 1.807) is 11.8 Å². The van der Waals surface area contributed by atoms with E-state index < -0.39 is 0 Å². The Morgan fingerprint density at radius 1 is 1.30 bits per heavy atom. The highest BCUT2D eigenvalue weighted by atomic mass is 32.2. The normalized spacial score (nSPS) is 18.6. The van der Waals surface area contributed by atoms with Gasteiger partial charge in [-0.25, -0.2) is 0 Å².